The predicted octanol–water partition coefficient (Wildman–Crippen LogP) is 3.22. The van der Waals surface area contributed by atoms with Gasteiger partial charge in [-0.3, -0.25) is 16.0 Å². The van der Waals surface area contributed by atoms with Crippen LogP contribution in [0.4, 0.5) is 0 Å². The predicted molar refractivity (Wildman–Crippen MR) is 90.6 cm³/mol. The summed E-state index contributed by atoms with van der Waals surface area (Å²) in [5, 5.41) is 5.18. The van der Waals surface area contributed by atoms with E-state index in [0.29, 0.717) is 6.42 Å². The maximum Gasteiger partial charge on any atom is 0.0847 e. The summed E-state index contributed by atoms with van der Waals surface area (Å²) in [7, 11) is 0. The third-order valence-electron chi connectivity index (χ3n) is 3.30. The van der Waals surface area contributed by atoms with Gasteiger partial charge in [-0.15, -0.1) is 0 Å². The summed E-state index contributed by atoms with van der Waals surface area (Å²) in [5.41, 5.74) is 5.91. The molecule has 108 valence electrons. The zero-order valence-corrected chi connectivity index (χ0v) is 14.4. The molecule has 1 aromatic carbocycles. The molecule has 1 heterocycles. The van der Waals surface area contributed by atoms with Crippen LogP contribution in [-0.2, 0) is 13.0 Å². The highest BCUT2D eigenvalue weighted by molar-refractivity contribution is 14.1. The molecule has 20 heavy (non-hydrogen) atoms. The van der Waals surface area contributed by atoms with E-state index >= 15 is 0 Å². The maximum atomic E-state index is 6.36. The van der Waals surface area contributed by atoms with Crippen LogP contribution in [0.25, 0.3) is 0 Å². The van der Waals surface area contributed by atoms with E-state index in [2.05, 4.69) is 58.2 Å². The summed E-state index contributed by atoms with van der Waals surface area (Å²) in [6.07, 6.45) is 0.712. The Morgan fingerprint density at radius 1 is 1.50 bits per heavy atom. The molecule has 0 saturated heterocycles. The van der Waals surface area contributed by atoms with Crippen molar-refractivity contribution in [3.63, 3.8) is 0 Å². The molecule has 0 aliphatic heterocycles. The van der Waals surface area contributed by atoms with Gasteiger partial charge in [-0.2, -0.15) is 5.10 Å². The Balaban J connectivity index is 2.31. The Morgan fingerprint density at radius 3 is 2.85 bits per heavy atom. The monoisotopic (exact) mass is 404 g/mol. The van der Waals surface area contributed by atoms with Crippen LogP contribution in [0, 0.1) is 10.5 Å². The van der Waals surface area contributed by atoms with E-state index in [1.807, 2.05) is 17.7 Å². The van der Waals surface area contributed by atoms with Gasteiger partial charge in [-0.05, 0) is 54.1 Å². The van der Waals surface area contributed by atoms with Crippen LogP contribution in [0.2, 0.25) is 5.02 Å². The van der Waals surface area contributed by atoms with Crippen LogP contribution < -0.4 is 11.3 Å². The molecule has 0 saturated carbocycles. The Hall–Kier alpha value is -0.630. The third kappa shape index (κ3) is 3.33. The normalized spacial score (nSPS) is 12.7. The molecule has 1 aromatic heterocycles. The number of nitrogens with one attached hydrogen (secondary N) is 1. The van der Waals surface area contributed by atoms with Crippen LogP contribution in [0.15, 0.2) is 24.3 Å². The van der Waals surface area contributed by atoms with E-state index in [9.17, 15) is 0 Å². The lowest BCUT2D eigenvalue weighted by Gasteiger charge is -2.17. The molecule has 3 N–H and O–H groups in total. The minimum Gasteiger partial charge on any atom is -0.271 e. The van der Waals surface area contributed by atoms with Gasteiger partial charge in [0.2, 0.25) is 0 Å². The Morgan fingerprint density at radius 2 is 2.25 bits per heavy atom. The van der Waals surface area contributed by atoms with Gasteiger partial charge < -0.3 is 0 Å². The van der Waals surface area contributed by atoms with Crippen molar-refractivity contribution in [1.82, 2.24) is 15.2 Å². The Kier molecular flexibility index (Phi) is 5.42. The maximum absolute atomic E-state index is 6.36. The van der Waals surface area contributed by atoms with E-state index in [1.54, 1.807) is 0 Å². The molecule has 0 spiro atoms. The third-order valence-corrected chi connectivity index (χ3v) is 4.47. The topological polar surface area (TPSA) is 55.9 Å². The minimum atomic E-state index is 0.0172. The fourth-order valence-electron chi connectivity index (χ4n) is 2.25. The molecule has 1 unspecified atom stereocenters. The van der Waals surface area contributed by atoms with Crippen molar-refractivity contribution in [1.29, 1.82) is 0 Å². The molecular formula is C14H18ClIN4. The summed E-state index contributed by atoms with van der Waals surface area (Å²) < 4.78 is 3.13. The molecule has 2 rings (SSSR count). The molecule has 0 aliphatic carbocycles. The smallest absolute Gasteiger partial charge is 0.0847 e. The second-order valence-electron chi connectivity index (χ2n) is 4.64. The number of aromatic nitrogens is 2. The number of halogens is 2. The number of benzene rings is 1. The van der Waals surface area contributed by atoms with Gasteiger partial charge in [0, 0.05) is 16.5 Å². The molecule has 6 heteroatoms. The van der Waals surface area contributed by atoms with Crippen molar-refractivity contribution in [3.05, 3.63) is 49.8 Å². The minimum absolute atomic E-state index is 0.0172. The van der Waals surface area contributed by atoms with Gasteiger partial charge in [-0.25, -0.2) is 0 Å². The zero-order chi connectivity index (χ0) is 14.7. The van der Waals surface area contributed by atoms with Gasteiger partial charge in [0.25, 0.3) is 0 Å². The van der Waals surface area contributed by atoms with Crippen LogP contribution in [0.1, 0.15) is 29.9 Å². The molecule has 0 amide bonds. The summed E-state index contributed by atoms with van der Waals surface area (Å²) in [4.78, 5) is 0. The molecule has 1 atom stereocenters. The SMILES string of the molecule is CCn1nc(C)c(Cl)c1CC(NN)c1cccc(I)c1. The number of rotatable bonds is 5. The van der Waals surface area contributed by atoms with Crippen molar-refractivity contribution >= 4 is 34.2 Å². The summed E-state index contributed by atoms with van der Waals surface area (Å²) in [6, 6.07) is 8.30. The molecule has 4 nitrogen and oxygen atoms in total. The highest BCUT2D eigenvalue weighted by Crippen LogP contribution is 2.26. The average Bonchev–Trinajstić information content (AvgIpc) is 2.71. The van der Waals surface area contributed by atoms with Gasteiger partial charge in [0.05, 0.1) is 22.5 Å². The summed E-state index contributed by atoms with van der Waals surface area (Å²) in [6.45, 7) is 4.78. The number of nitrogens with two attached hydrogens (primary N) is 1. The first-order valence-corrected chi connectivity index (χ1v) is 7.95. The van der Waals surface area contributed by atoms with Crippen LogP contribution in [0.5, 0.6) is 0 Å². The number of nitrogens with zero attached hydrogens (tertiary/aromatic N) is 2. The fourth-order valence-corrected chi connectivity index (χ4v) is 3.03. The quantitative estimate of drug-likeness (QED) is 0.457. The van der Waals surface area contributed by atoms with Crippen molar-refractivity contribution in [2.24, 2.45) is 5.84 Å². The Bertz CT molecular complexity index is 597. The first-order valence-electron chi connectivity index (χ1n) is 6.50. The van der Waals surface area contributed by atoms with Crippen LogP contribution in [0.3, 0.4) is 0 Å². The summed E-state index contributed by atoms with van der Waals surface area (Å²) in [5.74, 6) is 5.73. The molecule has 0 radical (unpaired) electrons. The Labute approximate surface area is 137 Å². The molecule has 0 aliphatic rings. The van der Waals surface area contributed by atoms with Gasteiger partial charge in [0.1, 0.15) is 0 Å². The van der Waals surface area contributed by atoms with Crippen LogP contribution >= 0.6 is 34.2 Å². The lowest BCUT2D eigenvalue weighted by molar-refractivity contribution is 0.517. The molecule has 0 bridgehead atoms. The fraction of sp³-hybridized carbons (Fsp3) is 0.357. The number of aryl methyl sites for hydroxylation is 2. The second kappa shape index (κ2) is 6.89. The molecular weight excluding hydrogens is 387 g/mol. The van der Waals surface area contributed by atoms with Crippen molar-refractivity contribution in [2.75, 3.05) is 0 Å². The standard InChI is InChI=1S/C14H18ClIN4/c1-3-20-13(14(15)9(2)19-20)8-12(18-17)10-5-4-6-11(16)7-10/h4-7,12,18H,3,8,17H2,1-2H3. The van der Waals surface area contributed by atoms with E-state index in [4.69, 9.17) is 17.4 Å². The highest BCUT2D eigenvalue weighted by atomic mass is 127. The van der Waals surface area contributed by atoms with Gasteiger partial charge in [-0.1, -0.05) is 23.7 Å². The first kappa shape index (κ1) is 15.8. The number of hydrogen-bond donors (Lipinski definition) is 2. The lowest BCUT2D eigenvalue weighted by atomic mass is 10.0. The molecule has 2 aromatic rings. The average molecular weight is 405 g/mol. The second-order valence-corrected chi connectivity index (χ2v) is 6.26. The van der Waals surface area contributed by atoms with E-state index in [1.165, 1.54) is 3.57 Å². The van der Waals surface area contributed by atoms with Gasteiger partial charge >= 0.3 is 0 Å². The van der Waals surface area contributed by atoms with Crippen molar-refractivity contribution in [3.8, 4) is 0 Å². The first-order chi connectivity index (χ1) is 9.56. The van der Waals surface area contributed by atoms with E-state index in [0.717, 1.165) is 28.5 Å². The largest absolute Gasteiger partial charge is 0.271 e. The van der Waals surface area contributed by atoms with Crippen molar-refractivity contribution < 1.29 is 0 Å². The van der Waals surface area contributed by atoms with E-state index in [-0.39, 0.29) is 6.04 Å². The zero-order valence-electron chi connectivity index (χ0n) is 11.5. The highest BCUT2D eigenvalue weighted by Gasteiger charge is 2.18. The molecule has 0 fully saturated rings. The van der Waals surface area contributed by atoms with Crippen molar-refractivity contribution in [2.45, 2.75) is 32.9 Å². The lowest BCUT2D eigenvalue weighted by Crippen LogP contribution is -2.30. The van der Waals surface area contributed by atoms with Crippen LogP contribution in [-0.4, -0.2) is 9.78 Å². The van der Waals surface area contributed by atoms with Gasteiger partial charge in [0.15, 0.2) is 0 Å². The van der Waals surface area contributed by atoms with E-state index < -0.39 is 0 Å². The summed E-state index contributed by atoms with van der Waals surface area (Å²) >= 11 is 8.66. The number of hydrogen-bond acceptors (Lipinski definition) is 3. The number of hydrazine groups is 1.